The number of allylic oxidation sites excluding steroid dienone is 1. The van der Waals surface area contributed by atoms with E-state index in [4.69, 9.17) is 23.7 Å². The quantitative estimate of drug-likeness (QED) is 0.290. The van der Waals surface area contributed by atoms with E-state index in [1.165, 1.54) is 21.1 Å². The third-order valence-corrected chi connectivity index (χ3v) is 13.6. The van der Waals surface area contributed by atoms with Gasteiger partial charge in [-0.05, 0) is 82.9 Å². The molecule has 0 bridgehead atoms. The van der Waals surface area contributed by atoms with E-state index in [9.17, 15) is 40.8 Å². The minimum absolute atomic E-state index is 0.0657. The fraction of sp³-hybridized carbons (Fsp3) is 0.615. The molecule has 2 aliphatic carbocycles. The Labute approximate surface area is 339 Å². The molecule has 3 heterocycles. The van der Waals surface area contributed by atoms with E-state index in [-0.39, 0.29) is 44.2 Å². The minimum Gasteiger partial charge on any atom is -0.497 e. The molecule has 324 valence electrons. The van der Waals surface area contributed by atoms with Crippen LogP contribution in [0.4, 0.5) is 18.0 Å². The van der Waals surface area contributed by atoms with E-state index < -0.39 is 86.1 Å². The van der Waals surface area contributed by atoms with Gasteiger partial charge in [-0.1, -0.05) is 19.1 Å². The molecule has 3 fully saturated rings. The highest BCUT2D eigenvalue weighted by Crippen LogP contribution is 2.47. The van der Waals surface area contributed by atoms with Gasteiger partial charge in [0.25, 0.3) is 5.91 Å². The van der Waals surface area contributed by atoms with E-state index >= 15 is 0 Å². The Kier molecular flexibility index (Phi) is 12.1. The number of hydrogen-bond donors (Lipinski definition) is 3. The number of aromatic nitrogens is 1. The van der Waals surface area contributed by atoms with Crippen molar-refractivity contribution in [3.63, 3.8) is 0 Å². The van der Waals surface area contributed by atoms with Crippen molar-refractivity contribution >= 4 is 44.6 Å². The van der Waals surface area contributed by atoms with Crippen LogP contribution in [0.15, 0.2) is 36.4 Å². The molecule has 2 aliphatic heterocycles. The van der Waals surface area contributed by atoms with Gasteiger partial charge in [-0.2, -0.15) is 18.2 Å². The Hall–Kier alpha value is -4.85. The molecule has 1 aromatic heterocycles. The molecule has 20 heteroatoms. The second kappa shape index (κ2) is 16.3. The minimum atomic E-state index is -4.95. The van der Waals surface area contributed by atoms with Crippen molar-refractivity contribution in [2.24, 2.45) is 5.92 Å². The molecule has 6 atom stereocenters. The van der Waals surface area contributed by atoms with Gasteiger partial charge in [-0.3, -0.25) is 19.1 Å². The number of halogens is 3. The van der Waals surface area contributed by atoms with Gasteiger partial charge < -0.3 is 39.2 Å². The summed E-state index contributed by atoms with van der Waals surface area (Å²) in [4.78, 5) is 61.9. The van der Waals surface area contributed by atoms with Gasteiger partial charge in [-0.15, -0.1) is 0 Å². The summed E-state index contributed by atoms with van der Waals surface area (Å²) in [6.07, 6.45) is -3.48. The number of benzene rings is 1. The Morgan fingerprint density at radius 2 is 1.85 bits per heavy atom. The fourth-order valence-electron chi connectivity index (χ4n) is 7.19. The van der Waals surface area contributed by atoms with Crippen molar-refractivity contribution in [1.29, 1.82) is 0 Å². The maximum atomic E-state index is 14.8. The van der Waals surface area contributed by atoms with E-state index in [1.807, 2.05) is 0 Å². The zero-order valence-electron chi connectivity index (χ0n) is 33.6. The second-order valence-corrected chi connectivity index (χ2v) is 18.3. The highest BCUT2D eigenvalue weighted by atomic mass is 32.2. The highest BCUT2D eigenvalue weighted by Gasteiger charge is 2.63. The lowest BCUT2D eigenvalue weighted by Crippen LogP contribution is -2.61. The van der Waals surface area contributed by atoms with Gasteiger partial charge in [0.2, 0.25) is 39.2 Å². The number of ether oxygens (including phenoxy) is 5. The van der Waals surface area contributed by atoms with Crippen LogP contribution in [0.2, 0.25) is 0 Å². The largest absolute Gasteiger partial charge is 0.497 e. The average Bonchev–Trinajstić information content (AvgIpc) is 4.05. The van der Waals surface area contributed by atoms with Gasteiger partial charge in [0.1, 0.15) is 29.5 Å². The van der Waals surface area contributed by atoms with Gasteiger partial charge in [0.15, 0.2) is 0 Å². The van der Waals surface area contributed by atoms with Crippen molar-refractivity contribution in [3.05, 3.63) is 36.4 Å². The van der Waals surface area contributed by atoms with Crippen LogP contribution < -0.4 is 29.6 Å². The second-order valence-electron chi connectivity index (χ2n) is 16.1. The van der Waals surface area contributed by atoms with Crippen LogP contribution in [0.1, 0.15) is 72.6 Å². The van der Waals surface area contributed by atoms with Crippen molar-refractivity contribution in [2.75, 3.05) is 27.4 Å². The number of hydrogen-bond acceptors (Lipinski definition) is 12. The Balaban J connectivity index is 1.37. The number of fused-ring (bicyclic) bond motifs is 3. The molecule has 59 heavy (non-hydrogen) atoms. The number of alkyl halides is 3. The summed E-state index contributed by atoms with van der Waals surface area (Å²) in [6.45, 7) is 4.28. The van der Waals surface area contributed by atoms with Crippen LogP contribution in [-0.2, 0) is 33.9 Å². The molecule has 6 rings (SSSR count). The molecule has 4 aliphatic rings. The highest BCUT2D eigenvalue weighted by molar-refractivity contribution is 7.91. The molecule has 1 saturated heterocycles. The Bertz CT molecular complexity index is 2110. The third kappa shape index (κ3) is 9.02. The molecule has 0 radical (unpaired) electrons. The molecular weight excluding hydrogens is 804 g/mol. The normalized spacial score (nSPS) is 27.8. The molecule has 16 nitrogen and oxygen atoms in total. The van der Waals surface area contributed by atoms with E-state index in [0.717, 1.165) is 4.90 Å². The van der Waals surface area contributed by atoms with Crippen molar-refractivity contribution < 1.29 is 64.5 Å². The van der Waals surface area contributed by atoms with Gasteiger partial charge >= 0.3 is 12.3 Å². The first-order valence-corrected chi connectivity index (χ1v) is 20.9. The number of nitrogens with zero attached hydrogens (tertiary/aromatic N) is 2. The summed E-state index contributed by atoms with van der Waals surface area (Å²) >= 11 is 0. The maximum Gasteiger partial charge on any atom is 0.427 e. The average molecular weight is 854 g/mol. The van der Waals surface area contributed by atoms with Crippen LogP contribution in [0.3, 0.4) is 0 Å². The van der Waals surface area contributed by atoms with Crippen LogP contribution in [0.25, 0.3) is 10.8 Å². The number of sulfonamides is 1. The smallest absolute Gasteiger partial charge is 0.427 e. The SMILES string of the molecule is CC[C@@H]1OCCC/C=C\[C@@H]2C[C@@]2(C(=O)NS(=O)(=O)C2(C)CC2)NC(=O)[C@@H]2C[C@@H](Oc3nc(OC)cc4cc(OC)ccc34)CN2C(=O)[C@H]1NC(=O)OC(C)(C)C(F)(F)F. The summed E-state index contributed by atoms with van der Waals surface area (Å²) in [5.41, 5.74) is -4.61. The number of nitrogens with one attached hydrogen (secondary N) is 3. The predicted octanol–water partition coefficient (Wildman–Crippen LogP) is 4.05. The number of carbonyl (C=O) groups is 4. The summed E-state index contributed by atoms with van der Waals surface area (Å²) in [5.74, 6) is -2.43. The number of amides is 4. The molecule has 4 amide bonds. The van der Waals surface area contributed by atoms with Gasteiger partial charge in [0.05, 0.1) is 31.6 Å². The first-order valence-electron chi connectivity index (χ1n) is 19.4. The first kappa shape index (κ1) is 43.7. The van der Waals surface area contributed by atoms with E-state index in [2.05, 4.69) is 20.3 Å². The first-order chi connectivity index (χ1) is 27.7. The molecule has 0 spiro atoms. The molecule has 2 saturated carbocycles. The zero-order chi connectivity index (χ0) is 43.1. The number of methoxy groups -OCH3 is 2. The number of rotatable bonds is 10. The zero-order valence-corrected chi connectivity index (χ0v) is 34.5. The molecule has 1 aromatic carbocycles. The van der Waals surface area contributed by atoms with Crippen LogP contribution in [0, 0.1) is 5.92 Å². The Morgan fingerprint density at radius 1 is 1.12 bits per heavy atom. The van der Waals surface area contributed by atoms with E-state index in [0.29, 0.717) is 56.1 Å². The number of alkyl carbamates (subject to hydrolysis) is 1. The molecule has 3 N–H and O–H groups in total. The van der Waals surface area contributed by atoms with Crippen molar-refractivity contribution in [1.82, 2.24) is 25.2 Å². The summed E-state index contributed by atoms with van der Waals surface area (Å²) < 4.78 is 96.6. The summed E-state index contributed by atoms with van der Waals surface area (Å²) in [5, 5.41) is 6.22. The predicted molar refractivity (Wildman–Crippen MR) is 205 cm³/mol. The lowest BCUT2D eigenvalue weighted by molar-refractivity contribution is -0.244. The van der Waals surface area contributed by atoms with Crippen LogP contribution in [0.5, 0.6) is 17.5 Å². The fourth-order valence-corrected chi connectivity index (χ4v) is 8.50. The van der Waals surface area contributed by atoms with Crippen molar-refractivity contribution in [3.8, 4) is 17.5 Å². The lowest BCUT2D eigenvalue weighted by atomic mass is 10.1. The molecular formula is C39H50F3N5O11S. The van der Waals surface area contributed by atoms with Crippen LogP contribution >= 0.6 is 0 Å². The summed E-state index contributed by atoms with van der Waals surface area (Å²) in [7, 11) is -1.18. The monoisotopic (exact) mass is 853 g/mol. The maximum absolute atomic E-state index is 14.8. The standard InChI is InChI=1S/C39H50F3N5O11S/c1-7-28-30(44-35(51)58-36(2,3)39(40,41)42)33(49)47-21-25(57-32-26-13-12-24(54-5)17-22(26)18-29(43-32)55-6)19-27(47)31(48)45-38(20-23(38)11-9-8-10-16-56-28)34(50)46-59(52,53)37(4)14-15-37/h9,11-13,17-18,23,25,27-28,30H,7-8,10,14-16,19-21H2,1-6H3,(H,44,51)(H,45,48)(H,46,50)/b11-9-/t23-,25-,27+,28+,30+,38-/m1/s1. The molecule has 0 unspecified atom stereocenters. The molecule has 2 aromatic rings. The van der Waals surface area contributed by atoms with Gasteiger partial charge in [-0.25, -0.2) is 13.2 Å². The topological polar surface area (TPSA) is 201 Å². The third-order valence-electron chi connectivity index (χ3n) is 11.5. The Morgan fingerprint density at radius 3 is 2.49 bits per heavy atom. The van der Waals surface area contributed by atoms with Crippen molar-refractivity contribution in [2.45, 2.75) is 119 Å². The number of pyridine rings is 1. The summed E-state index contributed by atoms with van der Waals surface area (Å²) in [6, 6.07) is 3.75. The van der Waals surface area contributed by atoms with E-state index in [1.54, 1.807) is 43.3 Å². The van der Waals surface area contributed by atoms with Crippen LogP contribution in [-0.4, -0.2) is 116 Å². The number of carbonyl (C=O) groups excluding carboxylic acids is 4. The van der Waals surface area contributed by atoms with Gasteiger partial charge in [0, 0.05) is 30.4 Å². The lowest BCUT2D eigenvalue weighted by Gasteiger charge is -2.34.